The Morgan fingerprint density at radius 2 is 1.71 bits per heavy atom. The highest BCUT2D eigenvalue weighted by Crippen LogP contribution is 2.27. The maximum absolute atomic E-state index is 12.9. The number of carbonyl (C=O) groups is 1. The van der Waals surface area contributed by atoms with Gasteiger partial charge in [0, 0.05) is 25.0 Å². The van der Waals surface area contributed by atoms with Crippen molar-refractivity contribution in [3.63, 3.8) is 0 Å². The summed E-state index contributed by atoms with van der Waals surface area (Å²) < 4.78 is 27.3. The first-order chi connectivity index (χ1) is 14.8. The number of nitrogens with one attached hydrogen (secondary N) is 1. The topological polar surface area (TPSA) is 79.4 Å². The molecule has 1 aromatic carbocycles. The summed E-state index contributed by atoms with van der Waals surface area (Å²) in [5, 5.41) is 3.25. The van der Waals surface area contributed by atoms with E-state index < -0.39 is 10.0 Å². The Kier molecular flexibility index (Phi) is 8.13. The molecule has 1 amide bonds. The van der Waals surface area contributed by atoms with E-state index in [0.717, 1.165) is 36.9 Å². The van der Waals surface area contributed by atoms with Gasteiger partial charge in [0.1, 0.15) is 4.90 Å². The molecule has 168 valence electrons. The highest BCUT2D eigenvalue weighted by Gasteiger charge is 2.25. The molecule has 0 spiro atoms. The largest absolute Gasteiger partial charge is 0.325 e. The number of hydrogen-bond acceptors (Lipinski definition) is 5. The highest BCUT2D eigenvalue weighted by molar-refractivity contribution is 8.00. The maximum atomic E-state index is 12.9. The summed E-state index contributed by atoms with van der Waals surface area (Å²) in [5.74, 6) is 0.195. The van der Waals surface area contributed by atoms with E-state index in [4.69, 9.17) is 0 Å². The lowest BCUT2D eigenvalue weighted by Gasteiger charge is -2.20. The molecule has 0 bridgehead atoms. The summed E-state index contributed by atoms with van der Waals surface area (Å²) >= 11 is 1.31. The van der Waals surface area contributed by atoms with Gasteiger partial charge in [-0.15, -0.1) is 0 Å². The smallest absolute Gasteiger partial charge is 0.244 e. The van der Waals surface area contributed by atoms with Crippen LogP contribution in [-0.2, 0) is 14.8 Å². The van der Waals surface area contributed by atoms with Gasteiger partial charge in [-0.3, -0.25) is 4.79 Å². The molecule has 1 atom stereocenters. The van der Waals surface area contributed by atoms with Crippen molar-refractivity contribution >= 4 is 33.4 Å². The molecule has 1 aliphatic heterocycles. The zero-order valence-electron chi connectivity index (χ0n) is 18.4. The number of pyridine rings is 1. The summed E-state index contributed by atoms with van der Waals surface area (Å²) in [6.07, 6.45) is 5.34. The van der Waals surface area contributed by atoms with Gasteiger partial charge in [-0.2, -0.15) is 4.31 Å². The van der Waals surface area contributed by atoms with E-state index in [-0.39, 0.29) is 16.1 Å². The molecule has 6 nitrogen and oxygen atoms in total. The number of aromatic nitrogens is 1. The number of benzene rings is 1. The Hall–Kier alpha value is -1.90. The van der Waals surface area contributed by atoms with Crippen LogP contribution in [0.1, 0.15) is 57.9 Å². The van der Waals surface area contributed by atoms with Crippen LogP contribution in [0.2, 0.25) is 0 Å². The van der Waals surface area contributed by atoms with Crippen LogP contribution < -0.4 is 5.32 Å². The van der Waals surface area contributed by atoms with Gasteiger partial charge in [0.25, 0.3) is 0 Å². The summed E-state index contributed by atoms with van der Waals surface area (Å²) in [6, 6.07) is 11.1. The highest BCUT2D eigenvalue weighted by atomic mass is 32.2. The number of rotatable bonds is 7. The number of amides is 1. The van der Waals surface area contributed by atoms with E-state index in [2.05, 4.69) is 24.1 Å². The molecule has 3 rings (SSSR count). The lowest BCUT2D eigenvalue weighted by molar-refractivity contribution is -0.115. The Bertz CT molecular complexity index is 983. The number of para-hydroxylation sites is 1. The van der Waals surface area contributed by atoms with E-state index in [1.54, 1.807) is 16.4 Å². The van der Waals surface area contributed by atoms with Crippen molar-refractivity contribution in [3.05, 3.63) is 48.2 Å². The normalized spacial score (nSPS) is 16.6. The lowest BCUT2D eigenvalue weighted by atomic mass is 10.0. The van der Waals surface area contributed by atoms with Gasteiger partial charge in [-0.05, 0) is 49.4 Å². The van der Waals surface area contributed by atoms with Crippen molar-refractivity contribution in [1.82, 2.24) is 9.29 Å². The predicted octanol–water partition coefficient (Wildman–Crippen LogP) is 4.89. The first kappa shape index (κ1) is 23.8. The van der Waals surface area contributed by atoms with E-state index in [0.29, 0.717) is 24.0 Å². The summed E-state index contributed by atoms with van der Waals surface area (Å²) in [6.45, 7) is 7.13. The molecular formula is C23H31N3O3S2. The predicted molar refractivity (Wildman–Crippen MR) is 126 cm³/mol. The van der Waals surface area contributed by atoms with Gasteiger partial charge in [0.05, 0.1) is 10.3 Å². The molecule has 1 aliphatic rings. The minimum Gasteiger partial charge on any atom is -0.325 e. The molecule has 0 saturated carbocycles. The maximum Gasteiger partial charge on any atom is 0.244 e. The number of thioether (sulfide) groups is 1. The second kappa shape index (κ2) is 10.6. The lowest BCUT2D eigenvalue weighted by Crippen LogP contribution is -2.32. The molecule has 2 heterocycles. The van der Waals surface area contributed by atoms with Crippen LogP contribution in [0.15, 0.2) is 52.5 Å². The molecule has 1 aromatic heterocycles. The summed E-state index contributed by atoms with van der Waals surface area (Å²) in [4.78, 5) is 17.2. The van der Waals surface area contributed by atoms with E-state index in [9.17, 15) is 13.2 Å². The Balaban J connectivity index is 1.64. The molecule has 0 aliphatic carbocycles. The average molecular weight is 462 g/mol. The second-order valence-electron chi connectivity index (χ2n) is 8.14. The van der Waals surface area contributed by atoms with Crippen molar-refractivity contribution in [2.75, 3.05) is 18.4 Å². The quantitative estimate of drug-likeness (QED) is 0.594. The number of sulfonamides is 1. The van der Waals surface area contributed by atoms with Crippen LogP contribution in [0.25, 0.3) is 0 Å². The van der Waals surface area contributed by atoms with Gasteiger partial charge in [0.15, 0.2) is 0 Å². The van der Waals surface area contributed by atoms with Crippen molar-refractivity contribution in [2.24, 2.45) is 0 Å². The minimum atomic E-state index is -3.52. The fraction of sp³-hybridized carbons (Fsp3) is 0.478. The zero-order chi connectivity index (χ0) is 22.4. The fourth-order valence-corrected chi connectivity index (χ4v) is 5.85. The van der Waals surface area contributed by atoms with Crippen LogP contribution in [0.3, 0.4) is 0 Å². The first-order valence-electron chi connectivity index (χ1n) is 10.8. The van der Waals surface area contributed by atoms with Crippen molar-refractivity contribution < 1.29 is 13.2 Å². The molecule has 0 radical (unpaired) electrons. The summed E-state index contributed by atoms with van der Waals surface area (Å²) in [7, 11) is -3.52. The van der Waals surface area contributed by atoms with Crippen LogP contribution in [0.4, 0.5) is 5.69 Å². The Morgan fingerprint density at radius 3 is 2.32 bits per heavy atom. The molecule has 1 saturated heterocycles. The second-order valence-corrected chi connectivity index (χ2v) is 11.4. The van der Waals surface area contributed by atoms with Gasteiger partial charge >= 0.3 is 0 Å². The molecule has 1 fully saturated rings. The van der Waals surface area contributed by atoms with Crippen molar-refractivity contribution in [3.8, 4) is 0 Å². The van der Waals surface area contributed by atoms with Crippen LogP contribution >= 0.6 is 11.8 Å². The van der Waals surface area contributed by atoms with Crippen LogP contribution in [0.5, 0.6) is 0 Å². The van der Waals surface area contributed by atoms with E-state index >= 15 is 0 Å². The van der Waals surface area contributed by atoms with Gasteiger partial charge in [0.2, 0.25) is 15.9 Å². The third-order valence-corrected chi connectivity index (χ3v) is 8.35. The van der Waals surface area contributed by atoms with Gasteiger partial charge < -0.3 is 5.32 Å². The van der Waals surface area contributed by atoms with Gasteiger partial charge in [-0.25, -0.2) is 13.4 Å². The van der Waals surface area contributed by atoms with Crippen LogP contribution in [0, 0.1) is 0 Å². The SMILES string of the molecule is CC(Sc1ccc(S(=O)(=O)N2CCCCCC2)cn1)C(=O)Nc1ccccc1C(C)C. The van der Waals surface area contributed by atoms with Gasteiger partial charge in [-0.1, -0.05) is 56.7 Å². The molecule has 8 heteroatoms. The molecule has 1 N–H and O–H groups in total. The molecular weight excluding hydrogens is 430 g/mol. The Morgan fingerprint density at radius 1 is 1.03 bits per heavy atom. The number of nitrogens with zero attached hydrogens (tertiary/aromatic N) is 2. The third kappa shape index (κ3) is 6.08. The number of carbonyl (C=O) groups excluding carboxylic acids is 1. The average Bonchev–Trinajstić information content (AvgIpc) is 3.04. The first-order valence-corrected chi connectivity index (χ1v) is 13.1. The minimum absolute atomic E-state index is 0.110. The summed E-state index contributed by atoms with van der Waals surface area (Å²) in [5.41, 5.74) is 1.91. The fourth-order valence-electron chi connectivity index (χ4n) is 3.60. The monoisotopic (exact) mass is 461 g/mol. The third-order valence-electron chi connectivity index (χ3n) is 5.42. The van der Waals surface area contributed by atoms with E-state index in [1.165, 1.54) is 18.0 Å². The zero-order valence-corrected chi connectivity index (χ0v) is 20.0. The molecule has 31 heavy (non-hydrogen) atoms. The van der Waals surface area contributed by atoms with Crippen LogP contribution in [-0.4, -0.2) is 42.0 Å². The van der Waals surface area contributed by atoms with Crippen molar-refractivity contribution in [1.29, 1.82) is 0 Å². The number of hydrogen-bond donors (Lipinski definition) is 1. The van der Waals surface area contributed by atoms with E-state index in [1.807, 2.05) is 31.2 Å². The Labute approximate surface area is 189 Å². The number of anilines is 1. The molecule has 1 unspecified atom stereocenters. The van der Waals surface area contributed by atoms with Crippen molar-refractivity contribution in [2.45, 2.75) is 67.5 Å². The standard InChI is InChI=1S/C23H31N3O3S2/c1-17(2)20-10-6-7-11-21(20)25-23(27)18(3)30-22-13-12-19(16-24-22)31(28,29)26-14-8-4-5-9-15-26/h6-7,10-13,16-18H,4-5,8-9,14-15H2,1-3H3,(H,25,27). The molecule has 2 aromatic rings.